The number of rotatable bonds is 14. The topological polar surface area (TPSA) is 139 Å². The van der Waals surface area contributed by atoms with Crippen molar-refractivity contribution in [3.63, 3.8) is 0 Å². The third-order valence-corrected chi connectivity index (χ3v) is 8.39. The third kappa shape index (κ3) is 8.91. The highest BCUT2D eigenvalue weighted by atomic mass is 35.5. The first-order chi connectivity index (χ1) is 20.3. The molecule has 1 N–H and O–H groups in total. The first-order valence-corrected chi connectivity index (χ1v) is 15.8. The second kappa shape index (κ2) is 14.8. The van der Waals surface area contributed by atoms with Gasteiger partial charge in [-0.3, -0.25) is 24.0 Å². The number of nitro benzene ring substituents is 1. The van der Waals surface area contributed by atoms with Gasteiger partial charge >= 0.3 is 0 Å². The van der Waals surface area contributed by atoms with E-state index >= 15 is 0 Å². The number of nitrogens with one attached hydrogen (secondary N) is 1. The molecule has 0 aromatic heterocycles. The zero-order valence-electron chi connectivity index (χ0n) is 24.4. The van der Waals surface area contributed by atoms with Crippen LogP contribution in [0.15, 0.2) is 72.8 Å². The van der Waals surface area contributed by atoms with Crippen LogP contribution in [0.2, 0.25) is 5.02 Å². The van der Waals surface area contributed by atoms with Crippen LogP contribution in [0, 0.1) is 10.1 Å². The summed E-state index contributed by atoms with van der Waals surface area (Å²) >= 11 is 6.46. The monoisotopic (exact) mass is 630 g/mol. The van der Waals surface area contributed by atoms with Gasteiger partial charge in [0, 0.05) is 36.2 Å². The van der Waals surface area contributed by atoms with E-state index in [2.05, 4.69) is 5.32 Å². The van der Waals surface area contributed by atoms with E-state index in [4.69, 9.17) is 16.3 Å². The molecule has 3 rings (SSSR count). The van der Waals surface area contributed by atoms with Crippen molar-refractivity contribution in [3.8, 4) is 5.75 Å². The minimum Gasteiger partial charge on any atom is -0.495 e. The van der Waals surface area contributed by atoms with Crippen LogP contribution in [-0.4, -0.2) is 62.0 Å². The van der Waals surface area contributed by atoms with Crippen LogP contribution in [0.1, 0.15) is 31.4 Å². The van der Waals surface area contributed by atoms with Crippen molar-refractivity contribution in [1.29, 1.82) is 0 Å². The molecule has 0 aliphatic heterocycles. The highest BCUT2D eigenvalue weighted by Gasteiger charge is 2.34. The van der Waals surface area contributed by atoms with E-state index < -0.39 is 39.3 Å². The van der Waals surface area contributed by atoms with Gasteiger partial charge in [0.2, 0.25) is 21.8 Å². The van der Waals surface area contributed by atoms with Crippen molar-refractivity contribution in [3.05, 3.63) is 99.1 Å². The lowest BCUT2D eigenvalue weighted by Crippen LogP contribution is -2.54. The molecule has 2 amide bonds. The van der Waals surface area contributed by atoms with E-state index in [0.717, 1.165) is 22.2 Å². The number of nitrogens with zero attached hydrogens (tertiary/aromatic N) is 3. The maximum absolute atomic E-state index is 14.2. The quantitative estimate of drug-likeness (QED) is 0.203. The summed E-state index contributed by atoms with van der Waals surface area (Å²) in [5, 5.41) is 14.8. The second-order valence-electron chi connectivity index (χ2n) is 10.0. The molecular formula is C30H35ClN4O7S. The summed E-state index contributed by atoms with van der Waals surface area (Å²) in [6.45, 7) is 2.90. The molecular weight excluding hydrogens is 596 g/mol. The number of hydrogen-bond acceptors (Lipinski definition) is 7. The number of anilines is 1. The number of carbonyl (C=O) groups excluding carboxylic acids is 2. The molecule has 3 aromatic carbocycles. The Labute approximate surface area is 256 Å². The van der Waals surface area contributed by atoms with Crippen LogP contribution in [0.5, 0.6) is 5.75 Å². The number of methoxy groups -OCH3 is 1. The molecule has 230 valence electrons. The molecule has 0 radical (unpaired) electrons. The largest absolute Gasteiger partial charge is 0.495 e. The van der Waals surface area contributed by atoms with E-state index in [9.17, 15) is 28.1 Å². The highest BCUT2D eigenvalue weighted by Crippen LogP contribution is 2.34. The summed E-state index contributed by atoms with van der Waals surface area (Å²) in [5.74, 6) is -1.13. The molecule has 0 saturated heterocycles. The van der Waals surface area contributed by atoms with Crippen LogP contribution in [0.3, 0.4) is 0 Å². The van der Waals surface area contributed by atoms with Crippen LogP contribution in [0.4, 0.5) is 11.4 Å². The minimum atomic E-state index is -4.17. The fourth-order valence-corrected chi connectivity index (χ4v) is 5.43. The second-order valence-corrected chi connectivity index (χ2v) is 12.3. The lowest BCUT2D eigenvalue weighted by atomic mass is 10.0. The molecule has 0 bridgehead atoms. The van der Waals surface area contributed by atoms with E-state index in [-0.39, 0.29) is 36.1 Å². The zero-order valence-corrected chi connectivity index (χ0v) is 26.0. The fourth-order valence-electron chi connectivity index (χ4n) is 4.39. The smallest absolute Gasteiger partial charge is 0.271 e. The predicted octanol–water partition coefficient (Wildman–Crippen LogP) is 4.58. The Morgan fingerprint density at radius 1 is 1.07 bits per heavy atom. The minimum absolute atomic E-state index is 0.0110. The van der Waals surface area contributed by atoms with Crippen molar-refractivity contribution in [2.24, 2.45) is 0 Å². The number of carbonyl (C=O) groups is 2. The third-order valence-electron chi connectivity index (χ3n) is 6.89. The van der Waals surface area contributed by atoms with Gasteiger partial charge in [-0.2, -0.15) is 0 Å². The summed E-state index contributed by atoms with van der Waals surface area (Å²) in [7, 11) is -2.89. The Hall–Kier alpha value is -4.16. The Morgan fingerprint density at radius 2 is 1.72 bits per heavy atom. The Balaban J connectivity index is 2.14. The maximum atomic E-state index is 14.2. The lowest BCUT2D eigenvalue weighted by Gasteiger charge is -2.34. The molecule has 0 aliphatic carbocycles. The fraction of sp³-hybridized carbons (Fsp3) is 0.333. The zero-order chi connectivity index (χ0) is 31.7. The predicted molar refractivity (Wildman–Crippen MR) is 166 cm³/mol. The van der Waals surface area contributed by atoms with Crippen LogP contribution >= 0.6 is 11.6 Å². The molecule has 0 heterocycles. The summed E-state index contributed by atoms with van der Waals surface area (Å²) in [5.41, 5.74) is 0.753. The van der Waals surface area contributed by atoms with Crippen molar-refractivity contribution in [1.82, 2.24) is 10.2 Å². The SMILES string of the molecule is CC[C@@H](C)NC(=O)[C@@H](Cc1ccccc1)N(Cc1ccccc1Cl)C(=O)CN(c1cc([N+](=O)[O-])ccc1OC)S(C)(=O)=O. The van der Waals surface area contributed by atoms with Gasteiger partial charge in [-0.15, -0.1) is 0 Å². The van der Waals surface area contributed by atoms with Gasteiger partial charge in [-0.05, 0) is 36.6 Å². The molecule has 0 aliphatic rings. The summed E-state index contributed by atoms with van der Waals surface area (Å²) in [4.78, 5) is 40.1. The number of non-ortho nitro benzene ring substituents is 1. The summed E-state index contributed by atoms with van der Waals surface area (Å²) < 4.78 is 32.2. The molecule has 0 fully saturated rings. The van der Waals surface area contributed by atoms with E-state index in [1.54, 1.807) is 24.3 Å². The number of hydrogen-bond donors (Lipinski definition) is 1. The number of amides is 2. The number of benzene rings is 3. The van der Waals surface area contributed by atoms with E-state index in [1.807, 2.05) is 44.2 Å². The van der Waals surface area contributed by atoms with Crippen molar-refractivity contribution in [2.45, 2.75) is 45.3 Å². The molecule has 3 aromatic rings. The van der Waals surface area contributed by atoms with Gasteiger partial charge in [0.15, 0.2) is 0 Å². The van der Waals surface area contributed by atoms with Crippen molar-refractivity contribution >= 4 is 44.8 Å². The lowest BCUT2D eigenvalue weighted by molar-refractivity contribution is -0.384. The van der Waals surface area contributed by atoms with E-state index in [1.165, 1.54) is 24.1 Å². The van der Waals surface area contributed by atoms with Gasteiger partial charge in [0.05, 0.1) is 18.3 Å². The molecule has 0 saturated carbocycles. The maximum Gasteiger partial charge on any atom is 0.271 e. The molecule has 13 heteroatoms. The molecule has 0 spiro atoms. The van der Waals surface area contributed by atoms with Crippen molar-refractivity contribution < 1.29 is 27.7 Å². The van der Waals surface area contributed by atoms with Gasteiger partial charge in [0.25, 0.3) is 5.69 Å². The average molecular weight is 631 g/mol. The molecule has 0 unspecified atom stereocenters. The summed E-state index contributed by atoms with van der Waals surface area (Å²) in [6, 6.07) is 18.2. The van der Waals surface area contributed by atoms with Crippen LogP contribution in [0.25, 0.3) is 0 Å². The number of halogens is 1. The normalized spacial score (nSPS) is 12.6. The molecule has 11 nitrogen and oxygen atoms in total. The standard InChI is InChI=1S/C30H35ClN4O7S/c1-5-21(2)32-30(37)27(17-22-11-7-6-8-12-22)33(19-23-13-9-10-14-25(23)31)29(36)20-34(43(4,40)41)26-18-24(35(38)39)15-16-28(26)42-3/h6-16,18,21,27H,5,17,19-20H2,1-4H3,(H,32,37)/t21-,27-/m1/s1. The number of ether oxygens (including phenoxy) is 1. The molecule has 43 heavy (non-hydrogen) atoms. The number of nitro groups is 1. The van der Waals surface area contributed by atoms with Crippen LogP contribution < -0.4 is 14.4 Å². The van der Waals surface area contributed by atoms with Gasteiger partial charge < -0.3 is 15.0 Å². The van der Waals surface area contributed by atoms with E-state index in [0.29, 0.717) is 17.0 Å². The Bertz CT molecular complexity index is 1550. The Morgan fingerprint density at radius 3 is 2.30 bits per heavy atom. The first-order valence-electron chi connectivity index (χ1n) is 13.5. The average Bonchev–Trinajstić information content (AvgIpc) is 2.97. The van der Waals surface area contributed by atoms with Gasteiger partial charge in [0.1, 0.15) is 24.0 Å². The van der Waals surface area contributed by atoms with Gasteiger partial charge in [-0.25, -0.2) is 8.42 Å². The first kappa shape index (κ1) is 33.3. The van der Waals surface area contributed by atoms with Crippen LogP contribution in [-0.2, 0) is 32.6 Å². The number of sulfonamides is 1. The van der Waals surface area contributed by atoms with Crippen molar-refractivity contribution in [2.75, 3.05) is 24.2 Å². The summed E-state index contributed by atoms with van der Waals surface area (Å²) in [6.07, 6.45) is 1.67. The highest BCUT2D eigenvalue weighted by molar-refractivity contribution is 7.92. The molecule has 2 atom stereocenters. The van der Waals surface area contributed by atoms with Gasteiger partial charge in [-0.1, -0.05) is 67.1 Å². The Kier molecular flexibility index (Phi) is 11.5.